The summed E-state index contributed by atoms with van der Waals surface area (Å²) in [6.07, 6.45) is 17.2. The van der Waals surface area contributed by atoms with Crippen LogP contribution in [0.4, 0.5) is 0 Å². The van der Waals surface area contributed by atoms with E-state index in [4.69, 9.17) is 9.47 Å². The molecule has 0 aliphatic rings. The molecule has 0 unspecified atom stereocenters. The fourth-order valence-corrected chi connectivity index (χ4v) is 3.60. The number of hydrogen-bond donors (Lipinski definition) is 0. The first-order valence-electron chi connectivity index (χ1n) is 12.7. The number of esters is 2. The van der Waals surface area contributed by atoms with Crippen molar-refractivity contribution in [1.82, 2.24) is 0 Å². The average Bonchev–Trinajstić information content (AvgIpc) is 2.67. The molecule has 0 aromatic carbocycles. The number of carbonyl (C=O) groups excluding carboxylic acids is 2. The Bertz CT molecular complexity index is 411. The largest absolute Gasteiger partial charge is 0.465 e. The Morgan fingerprint density at radius 3 is 1.70 bits per heavy atom. The Balaban J connectivity index is 4.08. The van der Waals surface area contributed by atoms with Gasteiger partial charge in [0.1, 0.15) is 5.60 Å². The molecule has 0 aliphatic heterocycles. The van der Waals surface area contributed by atoms with Crippen molar-refractivity contribution in [1.29, 1.82) is 0 Å². The number of ether oxygens (including phenoxy) is 2. The van der Waals surface area contributed by atoms with E-state index in [1.165, 1.54) is 51.4 Å². The van der Waals surface area contributed by atoms with Crippen molar-refractivity contribution < 1.29 is 19.1 Å². The third-order valence-corrected chi connectivity index (χ3v) is 5.34. The molecule has 0 aromatic heterocycles. The highest BCUT2D eigenvalue weighted by Gasteiger charge is 2.19. The van der Waals surface area contributed by atoms with Gasteiger partial charge in [-0.05, 0) is 52.9 Å². The second-order valence-corrected chi connectivity index (χ2v) is 9.67. The molecule has 0 spiro atoms. The van der Waals surface area contributed by atoms with Crippen LogP contribution >= 0.6 is 0 Å². The van der Waals surface area contributed by atoms with E-state index in [9.17, 15) is 9.59 Å². The van der Waals surface area contributed by atoms with Crippen molar-refractivity contribution in [3.8, 4) is 0 Å². The van der Waals surface area contributed by atoms with Crippen molar-refractivity contribution >= 4 is 11.9 Å². The normalized spacial score (nSPS) is 11.7. The molecule has 0 saturated heterocycles. The van der Waals surface area contributed by atoms with Gasteiger partial charge >= 0.3 is 11.9 Å². The van der Waals surface area contributed by atoms with Gasteiger partial charge in [0.05, 0.1) is 12.5 Å². The number of rotatable bonds is 19. The van der Waals surface area contributed by atoms with Gasteiger partial charge in [-0.25, -0.2) is 0 Å². The number of unbranched alkanes of at least 4 members (excludes halogenated alkanes) is 10. The zero-order chi connectivity index (χ0) is 22.7. The average molecular weight is 427 g/mol. The van der Waals surface area contributed by atoms with Crippen LogP contribution < -0.4 is 0 Å². The van der Waals surface area contributed by atoms with Crippen molar-refractivity contribution in [3.05, 3.63) is 0 Å². The minimum absolute atomic E-state index is 0.00637. The lowest BCUT2D eigenvalue weighted by Gasteiger charge is -2.19. The van der Waals surface area contributed by atoms with Crippen molar-refractivity contribution in [2.24, 2.45) is 5.92 Å². The Kier molecular flexibility index (Phi) is 18.0. The summed E-state index contributed by atoms with van der Waals surface area (Å²) < 4.78 is 10.9. The van der Waals surface area contributed by atoms with Gasteiger partial charge < -0.3 is 9.47 Å². The quantitative estimate of drug-likeness (QED) is 0.156. The first-order valence-corrected chi connectivity index (χ1v) is 12.7. The summed E-state index contributed by atoms with van der Waals surface area (Å²) >= 11 is 0. The maximum absolute atomic E-state index is 12.6. The van der Waals surface area contributed by atoms with Gasteiger partial charge in [0.25, 0.3) is 0 Å². The molecule has 0 aliphatic carbocycles. The standard InChI is InChI=1S/C26H50O4/c1-6-8-10-12-15-19-23(20-16-13-11-9-7-2)25(28)29-22-18-14-17-21-24(27)30-26(3,4)5/h23H,6-22H2,1-5H3. The van der Waals surface area contributed by atoms with Crippen LogP contribution in [-0.2, 0) is 19.1 Å². The third kappa shape index (κ3) is 18.9. The van der Waals surface area contributed by atoms with E-state index in [2.05, 4.69) is 13.8 Å². The molecule has 0 atom stereocenters. The zero-order valence-corrected chi connectivity index (χ0v) is 20.7. The minimum Gasteiger partial charge on any atom is -0.465 e. The lowest BCUT2D eigenvalue weighted by atomic mass is 9.94. The van der Waals surface area contributed by atoms with Crippen molar-refractivity contribution in [3.63, 3.8) is 0 Å². The summed E-state index contributed by atoms with van der Waals surface area (Å²) in [4.78, 5) is 24.3. The summed E-state index contributed by atoms with van der Waals surface area (Å²) in [6, 6.07) is 0. The van der Waals surface area contributed by atoms with Crippen LogP contribution in [0.3, 0.4) is 0 Å². The molecular weight excluding hydrogens is 376 g/mol. The van der Waals surface area contributed by atoms with E-state index in [0.717, 1.165) is 44.9 Å². The molecule has 0 heterocycles. The summed E-state index contributed by atoms with van der Waals surface area (Å²) in [5, 5.41) is 0. The topological polar surface area (TPSA) is 52.6 Å². The summed E-state index contributed by atoms with van der Waals surface area (Å²) in [6.45, 7) is 10.6. The molecule has 0 bridgehead atoms. The molecule has 178 valence electrons. The van der Waals surface area contributed by atoms with Crippen LogP contribution in [-0.4, -0.2) is 24.1 Å². The van der Waals surface area contributed by atoms with Crippen LogP contribution in [0.2, 0.25) is 0 Å². The Morgan fingerprint density at radius 2 is 1.20 bits per heavy atom. The van der Waals surface area contributed by atoms with E-state index in [-0.39, 0.29) is 17.9 Å². The highest BCUT2D eigenvalue weighted by atomic mass is 16.6. The summed E-state index contributed by atoms with van der Waals surface area (Å²) in [7, 11) is 0. The number of carbonyl (C=O) groups is 2. The molecule has 0 rings (SSSR count). The molecular formula is C26H50O4. The predicted octanol–water partition coefficient (Wildman–Crippen LogP) is 7.77. The lowest BCUT2D eigenvalue weighted by Crippen LogP contribution is -2.23. The van der Waals surface area contributed by atoms with Crippen molar-refractivity contribution in [2.75, 3.05) is 6.61 Å². The third-order valence-electron chi connectivity index (χ3n) is 5.34. The molecule has 0 radical (unpaired) electrons. The Labute approximate surface area is 186 Å². The minimum atomic E-state index is -0.422. The van der Waals surface area contributed by atoms with E-state index in [1.807, 2.05) is 20.8 Å². The molecule has 0 N–H and O–H groups in total. The fraction of sp³-hybridized carbons (Fsp3) is 0.923. The molecule has 0 fully saturated rings. The predicted molar refractivity (Wildman–Crippen MR) is 126 cm³/mol. The smallest absolute Gasteiger partial charge is 0.308 e. The van der Waals surface area contributed by atoms with E-state index >= 15 is 0 Å². The van der Waals surface area contributed by atoms with Gasteiger partial charge in [0, 0.05) is 6.42 Å². The Morgan fingerprint density at radius 1 is 0.700 bits per heavy atom. The van der Waals surface area contributed by atoms with E-state index in [0.29, 0.717) is 13.0 Å². The van der Waals surface area contributed by atoms with Crippen LogP contribution in [0.25, 0.3) is 0 Å². The van der Waals surface area contributed by atoms with Gasteiger partial charge in [-0.3, -0.25) is 9.59 Å². The van der Waals surface area contributed by atoms with Gasteiger partial charge in [-0.15, -0.1) is 0 Å². The van der Waals surface area contributed by atoms with Gasteiger partial charge in [0.15, 0.2) is 0 Å². The summed E-state index contributed by atoms with van der Waals surface area (Å²) in [5.74, 6) is -0.0890. The highest BCUT2D eigenvalue weighted by Crippen LogP contribution is 2.21. The molecule has 4 nitrogen and oxygen atoms in total. The van der Waals surface area contributed by atoms with Crippen LogP contribution in [0.5, 0.6) is 0 Å². The van der Waals surface area contributed by atoms with Crippen LogP contribution in [0.1, 0.15) is 137 Å². The first kappa shape index (κ1) is 28.9. The van der Waals surface area contributed by atoms with Gasteiger partial charge in [0.2, 0.25) is 0 Å². The fourth-order valence-electron chi connectivity index (χ4n) is 3.60. The Hall–Kier alpha value is -1.06. The van der Waals surface area contributed by atoms with Crippen LogP contribution in [0, 0.1) is 5.92 Å². The maximum Gasteiger partial charge on any atom is 0.308 e. The van der Waals surface area contributed by atoms with E-state index in [1.54, 1.807) is 0 Å². The lowest BCUT2D eigenvalue weighted by molar-refractivity contribution is -0.155. The molecule has 0 amide bonds. The molecule has 0 saturated carbocycles. The summed E-state index contributed by atoms with van der Waals surface area (Å²) in [5.41, 5.74) is -0.422. The monoisotopic (exact) mass is 426 g/mol. The van der Waals surface area contributed by atoms with E-state index < -0.39 is 5.60 Å². The molecule has 0 aromatic rings. The molecule has 30 heavy (non-hydrogen) atoms. The second kappa shape index (κ2) is 18.7. The number of hydrogen-bond acceptors (Lipinski definition) is 4. The van der Waals surface area contributed by atoms with Gasteiger partial charge in [-0.2, -0.15) is 0 Å². The first-order chi connectivity index (χ1) is 14.3. The zero-order valence-electron chi connectivity index (χ0n) is 20.7. The second-order valence-electron chi connectivity index (χ2n) is 9.67. The maximum atomic E-state index is 12.6. The highest BCUT2D eigenvalue weighted by molar-refractivity contribution is 5.72. The van der Waals surface area contributed by atoms with Crippen LogP contribution in [0.15, 0.2) is 0 Å². The molecule has 4 heteroatoms. The SMILES string of the molecule is CCCCCCCC(CCCCCCC)C(=O)OCCCCCC(=O)OC(C)(C)C. The van der Waals surface area contributed by atoms with Crippen molar-refractivity contribution in [2.45, 2.75) is 143 Å². The van der Waals surface area contributed by atoms with Gasteiger partial charge in [-0.1, -0.05) is 78.1 Å².